The number of hydrogen-bond acceptors (Lipinski definition) is 7. The average molecular weight is 362 g/mol. The third-order valence-electron chi connectivity index (χ3n) is 3.76. The van der Waals surface area contributed by atoms with Crippen molar-refractivity contribution in [1.82, 2.24) is 9.97 Å². The van der Waals surface area contributed by atoms with Crippen LogP contribution in [0.2, 0.25) is 0 Å². The summed E-state index contributed by atoms with van der Waals surface area (Å²) in [6, 6.07) is 15.8. The molecule has 0 atom stereocenters. The van der Waals surface area contributed by atoms with Crippen LogP contribution >= 0.6 is 0 Å². The first-order valence-corrected chi connectivity index (χ1v) is 8.20. The number of methoxy groups -OCH3 is 1. The van der Waals surface area contributed by atoms with Crippen molar-refractivity contribution in [1.29, 1.82) is 0 Å². The van der Waals surface area contributed by atoms with E-state index in [0.29, 0.717) is 28.5 Å². The molecule has 0 fully saturated rings. The molecule has 0 aliphatic heterocycles. The summed E-state index contributed by atoms with van der Waals surface area (Å²) in [6.45, 7) is 1.52. The number of anilines is 4. The molecule has 0 unspecified atom stereocenters. The molecule has 0 saturated heterocycles. The molecule has 0 bridgehead atoms. The van der Waals surface area contributed by atoms with Gasteiger partial charge in [0.15, 0.2) is 5.78 Å². The lowest BCUT2D eigenvalue weighted by Crippen LogP contribution is -2.03. The number of benzene rings is 2. The zero-order chi connectivity index (χ0) is 19.2. The van der Waals surface area contributed by atoms with Gasteiger partial charge in [-0.25, -0.2) is 14.8 Å². The van der Waals surface area contributed by atoms with Gasteiger partial charge in [0.25, 0.3) is 0 Å². The molecule has 7 heteroatoms. The highest BCUT2D eigenvalue weighted by Gasteiger charge is 2.07. The van der Waals surface area contributed by atoms with Crippen LogP contribution in [0.5, 0.6) is 0 Å². The Bertz CT molecular complexity index is 988. The number of esters is 1. The van der Waals surface area contributed by atoms with E-state index in [9.17, 15) is 9.59 Å². The highest BCUT2D eigenvalue weighted by atomic mass is 16.5. The Labute approximate surface area is 156 Å². The normalized spacial score (nSPS) is 10.1. The van der Waals surface area contributed by atoms with Gasteiger partial charge in [-0.15, -0.1) is 0 Å². The standard InChI is InChI=1S/C20H18N4O3/c1-13(25)14-5-3-7-16(9-14)23-18-11-19(22-12-21-18)24-17-8-4-6-15(10-17)20(26)27-2/h3-12H,1-2H3,(H2,21,22,23,24). The molecule has 2 aromatic carbocycles. The van der Waals surface area contributed by atoms with E-state index in [2.05, 4.69) is 20.6 Å². The fourth-order valence-corrected chi connectivity index (χ4v) is 2.45. The van der Waals surface area contributed by atoms with Gasteiger partial charge in [-0.3, -0.25) is 4.79 Å². The summed E-state index contributed by atoms with van der Waals surface area (Å²) in [6.07, 6.45) is 1.42. The third kappa shape index (κ3) is 4.66. The topological polar surface area (TPSA) is 93.2 Å². The van der Waals surface area contributed by atoms with Crippen molar-refractivity contribution in [2.75, 3.05) is 17.7 Å². The summed E-state index contributed by atoms with van der Waals surface area (Å²) in [7, 11) is 1.34. The summed E-state index contributed by atoms with van der Waals surface area (Å²) < 4.78 is 4.73. The lowest BCUT2D eigenvalue weighted by Gasteiger charge is -2.10. The quantitative estimate of drug-likeness (QED) is 0.506. The Hall–Kier alpha value is -3.74. The van der Waals surface area contributed by atoms with Crippen LogP contribution in [0.25, 0.3) is 0 Å². The van der Waals surface area contributed by atoms with Gasteiger partial charge >= 0.3 is 5.97 Å². The molecule has 2 N–H and O–H groups in total. The molecule has 1 heterocycles. The molecule has 0 radical (unpaired) electrons. The van der Waals surface area contributed by atoms with Crippen LogP contribution in [0.4, 0.5) is 23.0 Å². The van der Waals surface area contributed by atoms with Crippen LogP contribution in [0.1, 0.15) is 27.6 Å². The van der Waals surface area contributed by atoms with Crippen LogP contribution in [0.15, 0.2) is 60.9 Å². The van der Waals surface area contributed by atoms with Gasteiger partial charge in [-0.1, -0.05) is 18.2 Å². The lowest BCUT2D eigenvalue weighted by molar-refractivity contribution is 0.0600. The second-order valence-corrected chi connectivity index (χ2v) is 5.75. The number of rotatable bonds is 6. The number of ketones is 1. The minimum Gasteiger partial charge on any atom is -0.465 e. The third-order valence-corrected chi connectivity index (χ3v) is 3.76. The van der Waals surface area contributed by atoms with Gasteiger partial charge in [-0.05, 0) is 37.3 Å². The van der Waals surface area contributed by atoms with Crippen molar-refractivity contribution in [3.8, 4) is 0 Å². The summed E-state index contributed by atoms with van der Waals surface area (Å²) in [4.78, 5) is 31.5. The van der Waals surface area contributed by atoms with Crippen molar-refractivity contribution < 1.29 is 14.3 Å². The molecule has 3 rings (SSSR count). The summed E-state index contributed by atoms with van der Waals surface area (Å²) in [5, 5.41) is 6.27. The molecule has 0 aliphatic carbocycles. The van der Waals surface area contributed by atoms with Gasteiger partial charge in [-0.2, -0.15) is 0 Å². The first-order chi connectivity index (χ1) is 13.0. The maximum atomic E-state index is 11.6. The van der Waals surface area contributed by atoms with Crippen molar-refractivity contribution in [2.24, 2.45) is 0 Å². The molecule has 1 aromatic heterocycles. The Morgan fingerprint density at radius 1 is 0.852 bits per heavy atom. The molecule has 0 spiro atoms. The van der Waals surface area contributed by atoms with Crippen LogP contribution in [-0.4, -0.2) is 28.8 Å². The van der Waals surface area contributed by atoms with Crippen LogP contribution in [0.3, 0.4) is 0 Å². The number of hydrogen-bond donors (Lipinski definition) is 2. The van der Waals surface area contributed by atoms with Gasteiger partial charge in [0.1, 0.15) is 18.0 Å². The molecular weight excluding hydrogens is 344 g/mol. The fourth-order valence-electron chi connectivity index (χ4n) is 2.45. The van der Waals surface area contributed by atoms with Crippen LogP contribution < -0.4 is 10.6 Å². The second kappa shape index (κ2) is 8.09. The minimum absolute atomic E-state index is 0.00539. The van der Waals surface area contributed by atoms with E-state index in [1.807, 2.05) is 12.1 Å². The maximum Gasteiger partial charge on any atom is 0.337 e. The van der Waals surface area contributed by atoms with Gasteiger partial charge < -0.3 is 15.4 Å². The summed E-state index contributed by atoms with van der Waals surface area (Å²) in [5.41, 5.74) is 2.50. The minimum atomic E-state index is -0.408. The van der Waals surface area contributed by atoms with E-state index in [0.717, 1.165) is 5.69 Å². The van der Waals surface area contributed by atoms with Crippen LogP contribution in [-0.2, 0) is 4.74 Å². The maximum absolute atomic E-state index is 11.6. The number of ether oxygens (including phenoxy) is 1. The fraction of sp³-hybridized carbons (Fsp3) is 0.100. The Morgan fingerprint density at radius 3 is 1.96 bits per heavy atom. The Morgan fingerprint density at radius 2 is 1.41 bits per heavy atom. The van der Waals surface area contributed by atoms with Crippen molar-refractivity contribution in [3.63, 3.8) is 0 Å². The molecule has 136 valence electrons. The molecular formula is C20H18N4O3. The van der Waals surface area contributed by atoms with Gasteiger partial charge in [0.2, 0.25) is 0 Å². The number of aromatic nitrogens is 2. The SMILES string of the molecule is COC(=O)c1cccc(Nc2cc(Nc3cccc(C(C)=O)c3)ncn2)c1. The molecule has 27 heavy (non-hydrogen) atoms. The summed E-state index contributed by atoms with van der Waals surface area (Å²) >= 11 is 0. The molecule has 0 amide bonds. The highest BCUT2D eigenvalue weighted by molar-refractivity contribution is 5.95. The first-order valence-electron chi connectivity index (χ1n) is 8.20. The van der Waals surface area contributed by atoms with E-state index in [1.54, 1.807) is 42.5 Å². The van der Waals surface area contributed by atoms with E-state index < -0.39 is 5.97 Å². The summed E-state index contributed by atoms with van der Waals surface area (Å²) in [5.74, 6) is 0.706. The molecule has 3 aromatic rings. The van der Waals surface area contributed by atoms with E-state index in [4.69, 9.17) is 4.74 Å². The number of nitrogens with zero attached hydrogens (tertiary/aromatic N) is 2. The predicted molar refractivity (Wildman–Crippen MR) is 103 cm³/mol. The van der Waals surface area contributed by atoms with E-state index in [1.165, 1.54) is 20.4 Å². The van der Waals surface area contributed by atoms with E-state index >= 15 is 0 Å². The number of nitrogens with one attached hydrogen (secondary N) is 2. The largest absolute Gasteiger partial charge is 0.465 e. The van der Waals surface area contributed by atoms with Gasteiger partial charge in [0.05, 0.1) is 12.7 Å². The monoisotopic (exact) mass is 362 g/mol. The molecule has 0 saturated carbocycles. The zero-order valence-corrected chi connectivity index (χ0v) is 14.9. The smallest absolute Gasteiger partial charge is 0.337 e. The number of Topliss-reactive ketones (excluding diaryl/α,β-unsaturated/α-hetero) is 1. The predicted octanol–water partition coefficient (Wildman–Crippen LogP) is 3.95. The van der Waals surface area contributed by atoms with Crippen LogP contribution in [0, 0.1) is 0 Å². The molecule has 7 nitrogen and oxygen atoms in total. The van der Waals surface area contributed by atoms with E-state index in [-0.39, 0.29) is 5.78 Å². The Balaban J connectivity index is 1.77. The molecule has 0 aliphatic rings. The van der Waals surface area contributed by atoms with Crippen molar-refractivity contribution in [3.05, 3.63) is 72.1 Å². The van der Waals surface area contributed by atoms with Crippen molar-refractivity contribution in [2.45, 2.75) is 6.92 Å². The zero-order valence-electron chi connectivity index (χ0n) is 14.9. The first kappa shape index (κ1) is 18.1. The van der Waals surface area contributed by atoms with Crippen molar-refractivity contribution >= 4 is 34.8 Å². The highest BCUT2D eigenvalue weighted by Crippen LogP contribution is 2.21. The lowest BCUT2D eigenvalue weighted by atomic mass is 10.1. The van der Waals surface area contributed by atoms with Gasteiger partial charge in [0, 0.05) is 23.0 Å². The second-order valence-electron chi connectivity index (χ2n) is 5.75. The Kier molecular flexibility index (Phi) is 5.41. The number of carbonyl (C=O) groups excluding carboxylic acids is 2. The number of carbonyl (C=O) groups is 2. The average Bonchev–Trinajstić information content (AvgIpc) is 2.68.